The standard InChI is InChI=1S/C19H21N5O3/c25-18(21-17-9-14(22-23-17)12-2-1-7-27-10-12)11-3-6-16-15(8-11)20-19(26)24(16)13-4-5-13/h3,6,8-9,12-13H,1-2,4-5,7,10H2,(H,20,26)(H2,21,22,23,25). The number of aromatic nitrogens is 4. The largest absolute Gasteiger partial charge is 0.381 e. The molecule has 8 heteroatoms. The second-order valence-electron chi connectivity index (χ2n) is 7.34. The summed E-state index contributed by atoms with van der Waals surface area (Å²) in [6.45, 7) is 1.48. The van der Waals surface area contributed by atoms with Crippen LogP contribution < -0.4 is 11.0 Å². The Morgan fingerprint density at radius 1 is 1.26 bits per heavy atom. The number of carbonyl (C=O) groups is 1. The smallest absolute Gasteiger partial charge is 0.326 e. The molecule has 27 heavy (non-hydrogen) atoms. The summed E-state index contributed by atoms with van der Waals surface area (Å²) in [5, 5.41) is 10.0. The highest BCUT2D eigenvalue weighted by Crippen LogP contribution is 2.35. The molecule has 5 rings (SSSR count). The fourth-order valence-corrected chi connectivity index (χ4v) is 3.75. The lowest BCUT2D eigenvalue weighted by molar-refractivity contribution is 0.0793. The van der Waals surface area contributed by atoms with E-state index in [1.807, 2.05) is 12.1 Å². The first-order chi connectivity index (χ1) is 13.2. The number of hydrogen-bond acceptors (Lipinski definition) is 4. The van der Waals surface area contributed by atoms with Crippen molar-refractivity contribution in [2.24, 2.45) is 0 Å². The normalized spacial score (nSPS) is 20.1. The molecule has 2 fully saturated rings. The van der Waals surface area contributed by atoms with E-state index in [2.05, 4.69) is 20.5 Å². The first-order valence-corrected chi connectivity index (χ1v) is 9.38. The zero-order valence-corrected chi connectivity index (χ0v) is 14.8. The summed E-state index contributed by atoms with van der Waals surface area (Å²) < 4.78 is 7.28. The van der Waals surface area contributed by atoms with Crippen molar-refractivity contribution in [1.29, 1.82) is 0 Å². The molecule has 3 heterocycles. The van der Waals surface area contributed by atoms with Gasteiger partial charge < -0.3 is 15.0 Å². The van der Waals surface area contributed by atoms with E-state index >= 15 is 0 Å². The number of H-pyrrole nitrogens is 2. The average Bonchev–Trinajstić information content (AvgIpc) is 3.31. The van der Waals surface area contributed by atoms with Gasteiger partial charge >= 0.3 is 5.69 Å². The van der Waals surface area contributed by atoms with Crippen LogP contribution in [-0.2, 0) is 4.74 Å². The molecule has 1 aliphatic carbocycles. The van der Waals surface area contributed by atoms with Gasteiger partial charge in [0.05, 0.1) is 17.6 Å². The lowest BCUT2D eigenvalue weighted by Crippen LogP contribution is -2.15. The molecule has 0 spiro atoms. The van der Waals surface area contributed by atoms with Gasteiger partial charge in [0.25, 0.3) is 5.91 Å². The van der Waals surface area contributed by atoms with Crippen LogP contribution in [0.1, 0.15) is 53.7 Å². The second-order valence-corrected chi connectivity index (χ2v) is 7.34. The second kappa shape index (κ2) is 6.38. The molecule has 2 aliphatic rings. The van der Waals surface area contributed by atoms with Crippen LogP contribution in [0, 0.1) is 0 Å². The first kappa shape index (κ1) is 16.3. The number of carbonyl (C=O) groups excluding carboxylic acids is 1. The van der Waals surface area contributed by atoms with E-state index in [1.165, 1.54) is 0 Å². The minimum Gasteiger partial charge on any atom is -0.381 e. The Morgan fingerprint density at radius 3 is 2.93 bits per heavy atom. The highest BCUT2D eigenvalue weighted by Gasteiger charge is 2.27. The lowest BCUT2D eigenvalue weighted by atomic mass is 9.99. The van der Waals surface area contributed by atoms with Gasteiger partial charge in [0.2, 0.25) is 0 Å². The highest BCUT2D eigenvalue weighted by molar-refractivity contribution is 6.05. The Hall–Kier alpha value is -2.87. The van der Waals surface area contributed by atoms with Crippen LogP contribution in [-0.4, -0.2) is 38.9 Å². The number of anilines is 1. The predicted molar refractivity (Wildman–Crippen MR) is 100 cm³/mol. The van der Waals surface area contributed by atoms with Gasteiger partial charge in [-0.2, -0.15) is 5.10 Å². The lowest BCUT2D eigenvalue weighted by Gasteiger charge is -2.20. The molecule has 8 nitrogen and oxygen atoms in total. The molecular formula is C19H21N5O3. The summed E-state index contributed by atoms with van der Waals surface area (Å²) in [7, 11) is 0. The molecule has 1 saturated carbocycles. The average molecular weight is 367 g/mol. The van der Waals surface area contributed by atoms with Crippen LogP contribution >= 0.6 is 0 Å². The predicted octanol–water partition coefficient (Wildman–Crippen LogP) is 2.53. The quantitative estimate of drug-likeness (QED) is 0.659. The minimum atomic E-state index is -0.255. The number of aromatic amines is 2. The number of nitrogens with one attached hydrogen (secondary N) is 3. The zero-order valence-electron chi connectivity index (χ0n) is 14.8. The molecule has 3 aromatic rings. The van der Waals surface area contributed by atoms with Gasteiger partial charge in [-0.05, 0) is 43.9 Å². The van der Waals surface area contributed by atoms with Gasteiger partial charge in [0.15, 0.2) is 5.82 Å². The summed E-state index contributed by atoms with van der Waals surface area (Å²) in [6.07, 6.45) is 4.15. The summed E-state index contributed by atoms with van der Waals surface area (Å²) in [5.41, 5.74) is 2.88. The first-order valence-electron chi connectivity index (χ1n) is 9.38. The Morgan fingerprint density at radius 2 is 2.15 bits per heavy atom. The van der Waals surface area contributed by atoms with E-state index in [0.29, 0.717) is 29.4 Å². The number of amides is 1. The number of ether oxygens (including phenoxy) is 1. The Bertz CT molecular complexity index is 1050. The molecule has 1 unspecified atom stereocenters. The van der Waals surface area contributed by atoms with Crippen molar-refractivity contribution in [3.63, 3.8) is 0 Å². The molecule has 1 atom stereocenters. The van der Waals surface area contributed by atoms with E-state index in [-0.39, 0.29) is 17.6 Å². The van der Waals surface area contributed by atoms with Crippen LogP contribution in [0.5, 0.6) is 0 Å². The summed E-state index contributed by atoms with van der Waals surface area (Å²) in [5.74, 6) is 0.528. The van der Waals surface area contributed by atoms with Crippen molar-refractivity contribution in [2.75, 3.05) is 18.5 Å². The Balaban J connectivity index is 1.35. The van der Waals surface area contributed by atoms with Crippen LogP contribution in [0.2, 0.25) is 0 Å². The van der Waals surface area contributed by atoms with Gasteiger partial charge in [-0.1, -0.05) is 0 Å². The summed E-state index contributed by atoms with van der Waals surface area (Å²) >= 11 is 0. The third-order valence-electron chi connectivity index (χ3n) is 5.33. The van der Waals surface area contributed by atoms with Gasteiger partial charge in [0, 0.05) is 35.9 Å². The molecule has 0 bridgehead atoms. The van der Waals surface area contributed by atoms with Crippen molar-refractivity contribution in [1.82, 2.24) is 19.7 Å². The van der Waals surface area contributed by atoms with Crippen molar-refractivity contribution in [2.45, 2.75) is 37.6 Å². The molecule has 0 radical (unpaired) electrons. The maximum Gasteiger partial charge on any atom is 0.326 e. The molecule has 2 aromatic heterocycles. The van der Waals surface area contributed by atoms with Crippen LogP contribution in [0.25, 0.3) is 11.0 Å². The fraction of sp³-hybridized carbons (Fsp3) is 0.421. The van der Waals surface area contributed by atoms with Crippen LogP contribution in [0.15, 0.2) is 29.1 Å². The Labute approximate surface area is 154 Å². The van der Waals surface area contributed by atoms with Crippen LogP contribution in [0.4, 0.5) is 5.82 Å². The molecule has 1 amide bonds. The molecule has 3 N–H and O–H groups in total. The van der Waals surface area contributed by atoms with Gasteiger partial charge in [0.1, 0.15) is 0 Å². The maximum atomic E-state index is 12.6. The van der Waals surface area contributed by atoms with Crippen molar-refractivity contribution in [3.8, 4) is 0 Å². The number of nitrogens with zero attached hydrogens (tertiary/aromatic N) is 2. The highest BCUT2D eigenvalue weighted by atomic mass is 16.5. The number of imidazole rings is 1. The molecular weight excluding hydrogens is 346 g/mol. The molecule has 1 aromatic carbocycles. The van der Waals surface area contributed by atoms with E-state index in [4.69, 9.17) is 4.74 Å². The number of fused-ring (bicyclic) bond motifs is 1. The fourth-order valence-electron chi connectivity index (χ4n) is 3.75. The number of hydrogen-bond donors (Lipinski definition) is 3. The summed E-state index contributed by atoms with van der Waals surface area (Å²) in [6, 6.07) is 7.44. The Kier molecular flexibility index (Phi) is 3.86. The summed E-state index contributed by atoms with van der Waals surface area (Å²) in [4.78, 5) is 27.6. The van der Waals surface area contributed by atoms with Crippen molar-refractivity contribution < 1.29 is 9.53 Å². The SMILES string of the molecule is O=C(Nc1cc(C2CCCOC2)[nH]n1)c1ccc2c(c1)[nH]c(=O)n2C1CC1. The van der Waals surface area contributed by atoms with Crippen molar-refractivity contribution in [3.05, 3.63) is 46.0 Å². The maximum absolute atomic E-state index is 12.6. The topological polar surface area (TPSA) is 105 Å². The van der Waals surface area contributed by atoms with E-state index in [1.54, 1.807) is 16.7 Å². The third kappa shape index (κ3) is 3.06. The number of rotatable bonds is 4. The molecule has 1 aliphatic heterocycles. The molecule has 140 valence electrons. The van der Waals surface area contributed by atoms with Gasteiger partial charge in [-0.15, -0.1) is 0 Å². The van der Waals surface area contributed by atoms with Gasteiger partial charge in [-0.3, -0.25) is 14.5 Å². The zero-order chi connectivity index (χ0) is 18.4. The van der Waals surface area contributed by atoms with E-state index in [0.717, 1.165) is 43.5 Å². The minimum absolute atomic E-state index is 0.114. The van der Waals surface area contributed by atoms with Crippen molar-refractivity contribution >= 4 is 22.8 Å². The monoisotopic (exact) mass is 367 g/mol. The third-order valence-corrected chi connectivity index (χ3v) is 5.33. The molecule has 1 saturated heterocycles. The van der Waals surface area contributed by atoms with E-state index in [9.17, 15) is 9.59 Å². The van der Waals surface area contributed by atoms with E-state index < -0.39 is 0 Å². The van der Waals surface area contributed by atoms with Gasteiger partial charge in [-0.25, -0.2) is 4.79 Å². The number of benzene rings is 1. The van der Waals surface area contributed by atoms with Crippen LogP contribution in [0.3, 0.4) is 0 Å².